The first-order valence-corrected chi connectivity index (χ1v) is 5.97. The molecule has 0 radical (unpaired) electrons. The van der Waals surface area contributed by atoms with Gasteiger partial charge in [-0.1, -0.05) is 32.9 Å². The van der Waals surface area contributed by atoms with Crippen LogP contribution in [0.15, 0.2) is 29.8 Å². The normalized spacial score (nSPS) is 13.0. The highest BCUT2D eigenvalue weighted by molar-refractivity contribution is 5.65. The summed E-state index contributed by atoms with van der Waals surface area (Å²) in [4.78, 5) is 0. The number of aliphatic hydroxyl groups excluding tert-OH is 1. The first-order chi connectivity index (χ1) is 8.43. The molecule has 1 N–H and O–H groups in total. The van der Waals surface area contributed by atoms with Crippen molar-refractivity contribution in [2.24, 2.45) is 5.41 Å². The second-order valence-corrected chi connectivity index (χ2v) is 5.15. The summed E-state index contributed by atoms with van der Waals surface area (Å²) < 4.78 is 10.7. The maximum absolute atomic E-state index is 9.58. The van der Waals surface area contributed by atoms with Gasteiger partial charge in [0.2, 0.25) is 0 Å². The molecule has 0 spiro atoms. The number of hydrogen-bond acceptors (Lipinski definition) is 3. The Kier molecular flexibility index (Phi) is 4.79. The van der Waals surface area contributed by atoms with Crippen molar-refractivity contribution in [3.63, 3.8) is 0 Å². The van der Waals surface area contributed by atoms with Crippen LogP contribution in [0.5, 0.6) is 5.75 Å². The Labute approximate surface area is 109 Å². The molecule has 0 heterocycles. The Bertz CT molecular complexity index is 428. The third-order valence-corrected chi connectivity index (χ3v) is 2.87. The fraction of sp³-hybridized carbons (Fsp3) is 0.467. The average molecular weight is 250 g/mol. The summed E-state index contributed by atoms with van der Waals surface area (Å²) >= 11 is 0. The molecule has 0 saturated carbocycles. The fourth-order valence-electron chi connectivity index (χ4n) is 1.83. The van der Waals surface area contributed by atoms with Gasteiger partial charge >= 0.3 is 0 Å². The van der Waals surface area contributed by atoms with E-state index >= 15 is 0 Å². The highest BCUT2D eigenvalue weighted by Gasteiger charge is 2.22. The van der Waals surface area contributed by atoms with Crippen LogP contribution in [0, 0.1) is 5.41 Å². The molecule has 1 rings (SSSR count). The highest BCUT2D eigenvalue weighted by Crippen LogP contribution is 2.33. The Morgan fingerprint density at radius 1 is 1.22 bits per heavy atom. The first kappa shape index (κ1) is 14.6. The standard InChI is InChI=1S/C15H22O3/c1-15(2,3)13(10-16)14(18-5)11-7-6-8-12(9-11)17-4/h6-9,16H,10H2,1-5H3. The largest absolute Gasteiger partial charge is 0.497 e. The van der Waals surface area contributed by atoms with Crippen molar-refractivity contribution in [3.8, 4) is 5.75 Å². The molecular formula is C15H22O3. The minimum Gasteiger partial charge on any atom is -0.497 e. The second-order valence-electron chi connectivity index (χ2n) is 5.15. The third-order valence-electron chi connectivity index (χ3n) is 2.87. The van der Waals surface area contributed by atoms with E-state index in [-0.39, 0.29) is 12.0 Å². The van der Waals surface area contributed by atoms with Crippen molar-refractivity contribution in [3.05, 3.63) is 35.4 Å². The van der Waals surface area contributed by atoms with E-state index < -0.39 is 0 Å². The van der Waals surface area contributed by atoms with Gasteiger partial charge in [0.15, 0.2) is 0 Å². The van der Waals surface area contributed by atoms with E-state index in [2.05, 4.69) is 20.8 Å². The van der Waals surface area contributed by atoms with Crippen LogP contribution in [0.1, 0.15) is 26.3 Å². The Morgan fingerprint density at radius 2 is 1.89 bits per heavy atom. The monoisotopic (exact) mass is 250 g/mol. The van der Waals surface area contributed by atoms with Crippen molar-refractivity contribution in [1.82, 2.24) is 0 Å². The molecular weight excluding hydrogens is 228 g/mol. The van der Waals surface area contributed by atoms with Gasteiger partial charge in [0, 0.05) is 11.1 Å². The zero-order valence-electron chi connectivity index (χ0n) is 11.8. The van der Waals surface area contributed by atoms with Crippen LogP contribution in [0.3, 0.4) is 0 Å². The predicted molar refractivity (Wildman–Crippen MR) is 73.5 cm³/mol. The van der Waals surface area contributed by atoms with Gasteiger partial charge in [0.1, 0.15) is 11.5 Å². The van der Waals surface area contributed by atoms with Gasteiger partial charge in [-0.25, -0.2) is 0 Å². The molecule has 0 atom stereocenters. The summed E-state index contributed by atoms with van der Waals surface area (Å²) in [5, 5.41) is 9.58. The van der Waals surface area contributed by atoms with Gasteiger partial charge < -0.3 is 14.6 Å². The number of rotatable bonds is 4. The van der Waals surface area contributed by atoms with Gasteiger partial charge in [-0.05, 0) is 17.5 Å². The van der Waals surface area contributed by atoms with Crippen LogP contribution in [0.2, 0.25) is 0 Å². The minimum absolute atomic E-state index is 0.0239. The highest BCUT2D eigenvalue weighted by atomic mass is 16.5. The number of benzene rings is 1. The quantitative estimate of drug-likeness (QED) is 0.835. The van der Waals surface area contributed by atoms with Crippen LogP contribution >= 0.6 is 0 Å². The summed E-state index contributed by atoms with van der Waals surface area (Å²) in [5.74, 6) is 1.48. The van der Waals surface area contributed by atoms with Crippen molar-refractivity contribution in [2.75, 3.05) is 20.8 Å². The molecule has 0 aliphatic heterocycles. The number of hydrogen-bond donors (Lipinski definition) is 1. The van der Waals surface area contributed by atoms with E-state index in [9.17, 15) is 5.11 Å². The van der Waals surface area contributed by atoms with Crippen LogP contribution in [-0.4, -0.2) is 25.9 Å². The molecule has 0 saturated heterocycles. The molecule has 3 nitrogen and oxygen atoms in total. The molecule has 1 aromatic carbocycles. The van der Waals surface area contributed by atoms with Gasteiger partial charge in [0.05, 0.1) is 20.8 Å². The van der Waals surface area contributed by atoms with Crippen molar-refractivity contribution >= 4 is 5.76 Å². The SMILES string of the molecule is COC(=C(CO)C(C)(C)C)c1cccc(OC)c1. The van der Waals surface area contributed by atoms with Crippen LogP contribution in [-0.2, 0) is 4.74 Å². The Morgan fingerprint density at radius 3 is 2.33 bits per heavy atom. The molecule has 0 fully saturated rings. The van der Waals surface area contributed by atoms with Crippen LogP contribution < -0.4 is 4.74 Å². The van der Waals surface area contributed by atoms with Gasteiger partial charge in [0.25, 0.3) is 0 Å². The average Bonchev–Trinajstić information content (AvgIpc) is 2.34. The van der Waals surface area contributed by atoms with Crippen molar-refractivity contribution < 1.29 is 14.6 Å². The lowest BCUT2D eigenvalue weighted by Crippen LogP contribution is -2.16. The molecule has 3 heteroatoms. The van der Waals surface area contributed by atoms with Crippen LogP contribution in [0.25, 0.3) is 5.76 Å². The number of methoxy groups -OCH3 is 2. The van der Waals surface area contributed by atoms with Gasteiger partial charge in [-0.2, -0.15) is 0 Å². The maximum Gasteiger partial charge on any atom is 0.128 e. The van der Waals surface area contributed by atoms with Crippen LogP contribution in [0.4, 0.5) is 0 Å². The molecule has 0 bridgehead atoms. The first-order valence-electron chi connectivity index (χ1n) is 5.97. The molecule has 0 amide bonds. The summed E-state index contributed by atoms with van der Waals surface area (Å²) in [6.45, 7) is 6.14. The van der Waals surface area contributed by atoms with Crippen molar-refractivity contribution in [2.45, 2.75) is 20.8 Å². The molecule has 0 aliphatic carbocycles. The zero-order valence-corrected chi connectivity index (χ0v) is 11.8. The van der Waals surface area contributed by atoms with Gasteiger partial charge in [-0.3, -0.25) is 0 Å². The predicted octanol–water partition coefficient (Wildman–Crippen LogP) is 3.09. The maximum atomic E-state index is 9.58. The third kappa shape index (κ3) is 3.26. The van der Waals surface area contributed by atoms with Gasteiger partial charge in [-0.15, -0.1) is 0 Å². The fourth-order valence-corrected chi connectivity index (χ4v) is 1.83. The molecule has 18 heavy (non-hydrogen) atoms. The molecule has 0 aromatic heterocycles. The van der Waals surface area contributed by atoms with E-state index in [4.69, 9.17) is 9.47 Å². The zero-order chi connectivity index (χ0) is 13.8. The molecule has 0 unspecified atom stereocenters. The molecule has 0 aliphatic rings. The summed E-state index contributed by atoms with van der Waals surface area (Å²) in [7, 11) is 3.25. The second kappa shape index (κ2) is 5.91. The lowest BCUT2D eigenvalue weighted by Gasteiger charge is -2.25. The number of ether oxygens (including phenoxy) is 2. The van der Waals surface area contributed by atoms with E-state index in [0.29, 0.717) is 5.76 Å². The Hall–Kier alpha value is -1.48. The Balaban J connectivity index is 3.34. The smallest absolute Gasteiger partial charge is 0.128 e. The molecule has 1 aromatic rings. The number of aliphatic hydroxyl groups is 1. The lowest BCUT2D eigenvalue weighted by molar-refractivity contribution is 0.280. The van der Waals surface area contributed by atoms with Crippen molar-refractivity contribution in [1.29, 1.82) is 0 Å². The van der Waals surface area contributed by atoms with E-state index in [1.54, 1.807) is 14.2 Å². The van der Waals surface area contributed by atoms with E-state index in [1.165, 1.54) is 0 Å². The van der Waals surface area contributed by atoms with E-state index in [0.717, 1.165) is 16.9 Å². The lowest BCUT2D eigenvalue weighted by atomic mass is 9.84. The van der Waals surface area contributed by atoms with E-state index in [1.807, 2.05) is 24.3 Å². The minimum atomic E-state index is -0.150. The molecule has 100 valence electrons. The summed E-state index contributed by atoms with van der Waals surface area (Å²) in [6, 6.07) is 7.64. The topological polar surface area (TPSA) is 38.7 Å². The summed E-state index contributed by atoms with van der Waals surface area (Å²) in [6.07, 6.45) is 0. The summed E-state index contributed by atoms with van der Waals surface area (Å²) in [5.41, 5.74) is 1.64.